The fraction of sp³-hybridized carbons (Fsp3) is 0.659. The van der Waals surface area contributed by atoms with Gasteiger partial charge in [0.1, 0.15) is 11.8 Å². The number of rotatable bonds is 10. The Morgan fingerprint density at radius 1 is 0.927 bits per heavy atom. The number of carbonyl (C=O) groups is 2. The van der Waals surface area contributed by atoms with Gasteiger partial charge in [-0.3, -0.25) is 19.4 Å². The molecule has 2 aromatic carbocycles. The predicted molar refractivity (Wildman–Crippen MR) is 206 cm³/mol. The number of amides is 1. The van der Waals surface area contributed by atoms with Crippen molar-refractivity contribution in [2.45, 2.75) is 147 Å². The van der Waals surface area contributed by atoms with Crippen molar-refractivity contribution in [1.82, 2.24) is 15.1 Å². The van der Waals surface area contributed by atoms with E-state index in [2.05, 4.69) is 34.3 Å². The van der Waals surface area contributed by atoms with Gasteiger partial charge >= 0.3 is 5.97 Å². The second-order valence-electron chi connectivity index (χ2n) is 17.1. The van der Waals surface area contributed by atoms with Crippen LogP contribution in [0, 0.1) is 37.0 Å². The molecule has 1 amide bonds. The molecule has 55 heavy (non-hydrogen) atoms. The second-order valence-corrected chi connectivity index (χ2v) is 17.1. The Morgan fingerprint density at radius 2 is 1.60 bits per heavy atom. The zero-order chi connectivity index (χ0) is 38.4. The quantitative estimate of drug-likeness (QED) is 0.189. The number of esters is 1. The highest BCUT2D eigenvalue weighted by molar-refractivity contribution is 5.77. The highest BCUT2D eigenvalue weighted by Crippen LogP contribution is 2.58. The van der Waals surface area contributed by atoms with Gasteiger partial charge in [0, 0.05) is 53.7 Å². The van der Waals surface area contributed by atoms with Gasteiger partial charge in [0.2, 0.25) is 12.7 Å². The number of piperazine rings is 1. The first kappa shape index (κ1) is 37.9. The van der Waals surface area contributed by atoms with E-state index in [4.69, 9.17) is 18.9 Å². The van der Waals surface area contributed by atoms with Crippen molar-refractivity contribution in [3.05, 3.63) is 39.4 Å². The Balaban J connectivity index is 1.18. The number of aryl methyl sites for hydroxylation is 1. The van der Waals surface area contributed by atoms with Crippen LogP contribution in [0.4, 0.5) is 0 Å². The molecule has 0 aromatic heterocycles. The summed E-state index contributed by atoms with van der Waals surface area (Å²) in [6.45, 7) is 4.11. The Hall–Kier alpha value is -4.01. The predicted octanol–water partition coefficient (Wildman–Crippen LogP) is 7.26. The molecular formula is C44H58N4O7. The molecule has 4 heterocycles. The molecule has 2 aromatic rings. The Kier molecular flexibility index (Phi) is 10.9. The number of fused-ring (bicyclic) bond motifs is 9. The molecular weight excluding hydrogens is 697 g/mol. The molecule has 8 rings (SSSR count). The molecule has 11 nitrogen and oxygen atoms in total. The van der Waals surface area contributed by atoms with Gasteiger partial charge in [-0.1, -0.05) is 70.3 Å². The normalized spacial score (nSPS) is 26.3. The highest BCUT2D eigenvalue weighted by atomic mass is 16.7. The summed E-state index contributed by atoms with van der Waals surface area (Å²) in [5.41, 5.74) is 4.96. The zero-order valence-corrected chi connectivity index (χ0v) is 33.1. The molecule has 0 radical (unpaired) electrons. The summed E-state index contributed by atoms with van der Waals surface area (Å²) in [7, 11) is 3.68. The molecule has 11 heteroatoms. The summed E-state index contributed by atoms with van der Waals surface area (Å²) >= 11 is 0. The minimum Gasteiger partial charge on any atom is -0.507 e. The number of methoxy groups -OCH3 is 1. The first-order valence-electron chi connectivity index (χ1n) is 20.9. The van der Waals surface area contributed by atoms with Gasteiger partial charge in [0.15, 0.2) is 23.0 Å². The molecule has 4 aliphatic heterocycles. The van der Waals surface area contributed by atoms with Gasteiger partial charge in [0.25, 0.3) is 0 Å². The summed E-state index contributed by atoms with van der Waals surface area (Å²) in [6, 6.07) is 2.99. The lowest BCUT2D eigenvalue weighted by Gasteiger charge is -2.60. The topological polar surface area (TPSA) is 134 Å². The number of hydrogen-bond donors (Lipinski definition) is 2. The second kappa shape index (κ2) is 15.9. The fourth-order valence-electron chi connectivity index (χ4n) is 11.2. The van der Waals surface area contributed by atoms with Crippen molar-refractivity contribution in [3.63, 3.8) is 0 Å². The number of benzene rings is 2. The molecule has 2 saturated carbocycles. The molecule has 6 aliphatic rings. The van der Waals surface area contributed by atoms with E-state index >= 15 is 0 Å². The van der Waals surface area contributed by atoms with Crippen molar-refractivity contribution in [3.8, 4) is 34.8 Å². The monoisotopic (exact) mass is 754 g/mol. The minimum absolute atomic E-state index is 0.00444. The van der Waals surface area contributed by atoms with Crippen LogP contribution in [0.2, 0.25) is 0 Å². The number of phenolic OH excluding ortho intramolecular Hbond substituents is 1. The van der Waals surface area contributed by atoms with E-state index < -0.39 is 12.1 Å². The number of ether oxygens (including phenoxy) is 4. The SMILES string of the molecule is COc1c(C)cc2c(c1OC(=O)CCC1CCCCC1)[C@@H]1C3Cc4c(O)c(C)c5c(c4[C@H](CNC(=O)CCC4CCCCC4)N3[C@@H](C#N)[C@H](C2)N1C)OCO5. The Morgan fingerprint density at radius 3 is 2.27 bits per heavy atom. The Bertz CT molecular complexity index is 1840. The van der Waals surface area contributed by atoms with E-state index in [1.165, 1.54) is 64.2 Å². The van der Waals surface area contributed by atoms with E-state index in [1.54, 1.807) is 7.11 Å². The van der Waals surface area contributed by atoms with Crippen LogP contribution in [0.3, 0.4) is 0 Å². The van der Waals surface area contributed by atoms with Crippen LogP contribution in [0.5, 0.6) is 28.7 Å². The maximum absolute atomic E-state index is 13.7. The van der Waals surface area contributed by atoms with Crippen LogP contribution < -0.4 is 24.3 Å². The molecule has 0 spiro atoms. The van der Waals surface area contributed by atoms with Gasteiger partial charge in [-0.05, 0) is 69.5 Å². The van der Waals surface area contributed by atoms with Crippen molar-refractivity contribution >= 4 is 11.9 Å². The maximum atomic E-state index is 13.7. The van der Waals surface area contributed by atoms with Gasteiger partial charge in [-0.25, -0.2) is 0 Å². The first-order chi connectivity index (χ1) is 26.7. The molecule has 1 saturated heterocycles. The summed E-state index contributed by atoms with van der Waals surface area (Å²) < 4.78 is 24.5. The van der Waals surface area contributed by atoms with Gasteiger partial charge < -0.3 is 29.4 Å². The third-order valence-corrected chi connectivity index (χ3v) is 14.0. The largest absolute Gasteiger partial charge is 0.507 e. The number of nitriles is 1. The maximum Gasteiger partial charge on any atom is 0.311 e. The number of nitrogens with zero attached hydrogens (tertiary/aromatic N) is 3. The Labute approximate surface area is 325 Å². The third kappa shape index (κ3) is 6.92. The van der Waals surface area contributed by atoms with Gasteiger partial charge in [-0.15, -0.1) is 0 Å². The number of aromatic hydroxyl groups is 1. The lowest BCUT2D eigenvalue weighted by Crippen LogP contribution is -2.68. The van der Waals surface area contributed by atoms with Crippen LogP contribution in [0.15, 0.2) is 6.07 Å². The molecule has 1 unspecified atom stereocenters. The molecule has 2 N–H and O–H groups in total. The molecule has 296 valence electrons. The molecule has 3 fully saturated rings. The van der Waals surface area contributed by atoms with Crippen molar-refractivity contribution < 1.29 is 33.6 Å². The number of phenols is 1. The van der Waals surface area contributed by atoms with Crippen LogP contribution in [-0.4, -0.2) is 72.4 Å². The lowest BCUT2D eigenvalue weighted by molar-refractivity contribution is -0.135. The fourth-order valence-corrected chi connectivity index (χ4v) is 11.2. The van der Waals surface area contributed by atoms with E-state index in [1.807, 2.05) is 13.8 Å². The van der Waals surface area contributed by atoms with Crippen molar-refractivity contribution in [2.75, 3.05) is 27.5 Å². The summed E-state index contributed by atoms with van der Waals surface area (Å²) in [5.74, 6) is 3.13. The van der Waals surface area contributed by atoms with E-state index in [-0.39, 0.29) is 49.1 Å². The average molecular weight is 755 g/mol. The van der Waals surface area contributed by atoms with Crippen molar-refractivity contribution in [2.24, 2.45) is 11.8 Å². The first-order valence-corrected chi connectivity index (χ1v) is 20.9. The smallest absolute Gasteiger partial charge is 0.311 e. The van der Waals surface area contributed by atoms with Gasteiger partial charge in [0.05, 0.1) is 25.3 Å². The summed E-state index contributed by atoms with van der Waals surface area (Å²) in [5, 5.41) is 26.2. The van der Waals surface area contributed by atoms with Gasteiger partial charge in [-0.2, -0.15) is 5.26 Å². The number of carbonyl (C=O) groups excluding carboxylic acids is 2. The van der Waals surface area contributed by atoms with Crippen LogP contribution in [0.25, 0.3) is 0 Å². The number of likely N-dealkylation sites (N-methyl/N-ethyl adjacent to an activating group) is 1. The minimum atomic E-state index is -0.540. The molecule has 5 atom stereocenters. The average Bonchev–Trinajstić information content (AvgIpc) is 3.69. The molecule has 2 bridgehead atoms. The third-order valence-electron chi connectivity index (χ3n) is 14.0. The van der Waals surface area contributed by atoms with E-state index in [0.29, 0.717) is 66.1 Å². The highest BCUT2D eigenvalue weighted by Gasteiger charge is 2.57. The summed E-state index contributed by atoms with van der Waals surface area (Å²) in [6.07, 6.45) is 15.7. The van der Waals surface area contributed by atoms with E-state index in [9.17, 15) is 20.0 Å². The van der Waals surface area contributed by atoms with Crippen molar-refractivity contribution in [1.29, 1.82) is 5.26 Å². The van der Waals surface area contributed by atoms with Crippen LogP contribution >= 0.6 is 0 Å². The van der Waals surface area contributed by atoms with Crippen LogP contribution in [-0.2, 0) is 22.4 Å². The lowest BCUT2D eigenvalue weighted by atomic mass is 9.71. The van der Waals surface area contributed by atoms with Crippen LogP contribution in [0.1, 0.15) is 135 Å². The molecule has 2 aliphatic carbocycles. The summed E-state index contributed by atoms with van der Waals surface area (Å²) in [4.78, 5) is 31.8. The standard InChI is InChI=1S/C44H58N4O7/c1-25-19-29-20-31-33(22-45)48-32(39(47(31)3)37(29)44(41(25)52-4)55-36(50)18-16-28-13-9-6-10-14-28)21-30-38(43-42(53-24-54-43)26(2)40(30)51)34(48)23-46-35(49)17-15-27-11-7-5-8-12-27/h19,27-28,31-34,39,51H,5-18,20-21,23-24H2,1-4H3,(H,46,49)/t31-,32?,33-,34-,39-/m0/s1. The number of hydrogen-bond acceptors (Lipinski definition) is 10. The number of nitrogens with one attached hydrogen (secondary N) is 1. The zero-order valence-electron chi connectivity index (χ0n) is 33.1. The van der Waals surface area contributed by atoms with E-state index in [0.717, 1.165) is 40.7 Å².